The van der Waals surface area contributed by atoms with Crippen LogP contribution in [-0.2, 0) is 22.6 Å². The number of nitrogens with zero attached hydrogens (tertiary/aromatic N) is 2. The van der Waals surface area contributed by atoms with Crippen LogP contribution >= 0.6 is 11.8 Å². The van der Waals surface area contributed by atoms with Gasteiger partial charge in [-0.2, -0.15) is 0 Å². The van der Waals surface area contributed by atoms with Gasteiger partial charge in [-0.1, -0.05) is 23.9 Å². The quantitative estimate of drug-likeness (QED) is 0.614. The van der Waals surface area contributed by atoms with Gasteiger partial charge in [-0.3, -0.25) is 4.79 Å². The summed E-state index contributed by atoms with van der Waals surface area (Å²) in [5, 5.41) is 3.70. The number of rotatable bonds is 7. The molecule has 1 aromatic heterocycles. The molecule has 1 heterocycles. The lowest BCUT2D eigenvalue weighted by Crippen LogP contribution is -2.14. The van der Waals surface area contributed by atoms with Crippen LogP contribution in [0, 0.1) is 13.8 Å². The van der Waals surface area contributed by atoms with E-state index in [4.69, 9.17) is 4.74 Å². The summed E-state index contributed by atoms with van der Waals surface area (Å²) in [6, 6.07) is 7.68. The number of nitrogens with one attached hydrogen (secondary N) is 1. The summed E-state index contributed by atoms with van der Waals surface area (Å²) in [7, 11) is 1.65. The van der Waals surface area contributed by atoms with E-state index < -0.39 is 0 Å². The van der Waals surface area contributed by atoms with Crippen LogP contribution in [0.15, 0.2) is 29.4 Å². The fourth-order valence-electron chi connectivity index (χ4n) is 2.53. The molecule has 0 aliphatic heterocycles. The van der Waals surface area contributed by atoms with E-state index >= 15 is 0 Å². The lowest BCUT2D eigenvalue weighted by molar-refractivity contribution is -0.116. The molecule has 1 N–H and O–H groups in total. The van der Waals surface area contributed by atoms with Gasteiger partial charge in [0.15, 0.2) is 5.16 Å². The van der Waals surface area contributed by atoms with E-state index in [9.17, 15) is 4.79 Å². The first-order valence-electron chi connectivity index (χ1n) is 7.79. The minimum atomic E-state index is -0.0164. The Labute approximate surface area is 147 Å². The number of aryl methyl sites for hydroxylation is 2. The Morgan fingerprint density at radius 1 is 1.25 bits per heavy atom. The Bertz CT molecular complexity index is 696. The number of hydrogen-bond acceptors (Lipinski definition) is 5. The van der Waals surface area contributed by atoms with Crippen LogP contribution < -0.4 is 5.32 Å². The maximum atomic E-state index is 12.2. The van der Waals surface area contributed by atoms with Crippen molar-refractivity contribution in [3.8, 4) is 0 Å². The summed E-state index contributed by atoms with van der Waals surface area (Å²) in [4.78, 5) is 21.1. The maximum Gasteiger partial charge on any atom is 0.224 e. The Morgan fingerprint density at radius 3 is 2.58 bits per heavy atom. The van der Waals surface area contributed by atoms with Crippen molar-refractivity contribution in [2.24, 2.45) is 0 Å². The number of hydrogen-bond donors (Lipinski definition) is 1. The van der Waals surface area contributed by atoms with Gasteiger partial charge in [0, 0.05) is 30.6 Å². The van der Waals surface area contributed by atoms with Crippen molar-refractivity contribution in [3.63, 3.8) is 0 Å². The number of aromatic nitrogens is 2. The summed E-state index contributed by atoms with van der Waals surface area (Å²) in [6.07, 6.45) is 2.99. The second-order valence-electron chi connectivity index (χ2n) is 5.54. The highest BCUT2D eigenvalue weighted by molar-refractivity contribution is 7.98. The summed E-state index contributed by atoms with van der Waals surface area (Å²) >= 11 is 1.53. The van der Waals surface area contributed by atoms with Gasteiger partial charge in [-0.15, -0.1) is 0 Å². The third-order valence-corrected chi connectivity index (χ3v) is 4.25. The lowest BCUT2D eigenvalue weighted by Gasteiger charge is -2.11. The third kappa shape index (κ3) is 5.04. The first-order chi connectivity index (χ1) is 11.5. The third-order valence-electron chi connectivity index (χ3n) is 3.71. The number of anilines is 1. The van der Waals surface area contributed by atoms with Gasteiger partial charge in [-0.25, -0.2) is 9.97 Å². The summed E-state index contributed by atoms with van der Waals surface area (Å²) in [6.45, 7) is 4.47. The van der Waals surface area contributed by atoms with Crippen LogP contribution in [0.2, 0.25) is 0 Å². The van der Waals surface area contributed by atoms with Gasteiger partial charge < -0.3 is 10.1 Å². The fraction of sp³-hybridized carbons (Fsp3) is 0.389. The summed E-state index contributed by atoms with van der Waals surface area (Å²) in [5.41, 5.74) is 4.76. The molecule has 0 saturated heterocycles. The van der Waals surface area contributed by atoms with Gasteiger partial charge >= 0.3 is 0 Å². The predicted molar refractivity (Wildman–Crippen MR) is 97.4 cm³/mol. The highest BCUT2D eigenvalue weighted by atomic mass is 32.2. The molecule has 0 radical (unpaired) electrons. The molecular formula is C18H23N3O2S. The monoisotopic (exact) mass is 345 g/mol. The van der Waals surface area contributed by atoms with Crippen LogP contribution in [0.3, 0.4) is 0 Å². The Balaban J connectivity index is 1.97. The molecule has 128 valence electrons. The van der Waals surface area contributed by atoms with Crippen molar-refractivity contribution in [2.45, 2.75) is 38.5 Å². The smallest absolute Gasteiger partial charge is 0.224 e. The molecule has 1 amide bonds. The second kappa shape index (κ2) is 8.80. The van der Waals surface area contributed by atoms with Crippen molar-refractivity contribution in [2.75, 3.05) is 18.7 Å². The topological polar surface area (TPSA) is 64.1 Å². The Hall–Kier alpha value is -1.92. The van der Waals surface area contributed by atoms with E-state index in [1.807, 2.05) is 44.4 Å². The average molecular weight is 345 g/mol. The molecule has 0 unspecified atom stereocenters. The molecule has 0 aliphatic rings. The molecule has 6 heteroatoms. The number of thioether (sulfide) groups is 1. The fourth-order valence-corrected chi connectivity index (χ4v) is 2.99. The van der Waals surface area contributed by atoms with Crippen molar-refractivity contribution < 1.29 is 9.53 Å². The number of carbonyl (C=O) groups excluding carboxylic acids is 1. The van der Waals surface area contributed by atoms with Crippen LogP contribution in [0.4, 0.5) is 5.69 Å². The van der Waals surface area contributed by atoms with Crippen molar-refractivity contribution in [1.82, 2.24) is 9.97 Å². The average Bonchev–Trinajstić information content (AvgIpc) is 2.54. The molecule has 0 aliphatic carbocycles. The molecule has 0 spiro atoms. The van der Waals surface area contributed by atoms with E-state index in [1.54, 1.807) is 7.11 Å². The molecular weight excluding hydrogens is 322 g/mol. The van der Waals surface area contributed by atoms with Crippen molar-refractivity contribution >= 4 is 23.4 Å². The van der Waals surface area contributed by atoms with Crippen LogP contribution in [0.1, 0.15) is 28.9 Å². The SMILES string of the molecule is COCc1cccc(NC(=O)CCc2c(C)nc(SC)nc2C)c1. The minimum absolute atomic E-state index is 0.0164. The van der Waals surface area contributed by atoms with Crippen LogP contribution in [-0.4, -0.2) is 29.2 Å². The molecule has 1 aromatic carbocycles. The standard InChI is InChI=1S/C18H23N3O2S/c1-12-16(13(2)20-18(19-12)24-4)8-9-17(22)21-15-7-5-6-14(10-15)11-23-3/h5-7,10H,8-9,11H2,1-4H3,(H,21,22). The van der Waals surface area contributed by atoms with E-state index in [0.717, 1.165) is 33.4 Å². The lowest BCUT2D eigenvalue weighted by atomic mass is 10.1. The summed E-state index contributed by atoms with van der Waals surface area (Å²) in [5.74, 6) is -0.0164. The maximum absolute atomic E-state index is 12.2. The van der Waals surface area contributed by atoms with Gasteiger partial charge in [0.25, 0.3) is 0 Å². The molecule has 0 fully saturated rings. The van der Waals surface area contributed by atoms with Crippen molar-refractivity contribution in [3.05, 3.63) is 46.8 Å². The van der Waals surface area contributed by atoms with Crippen LogP contribution in [0.5, 0.6) is 0 Å². The predicted octanol–water partition coefficient (Wildman–Crippen LogP) is 3.53. The Morgan fingerprint density at radius 2 is 1.96 bits per heavy atom. The highest BCUT2D eigenvalue weighted by Gasteiger charge is 2.11. The second-order valence-corrected chi connectivity index (χ2v) is 6.31. The number of methoxy groups -OCH3 is 1. The highest BCUT2D eigenvalue weighted by Crippen LogP contribution is 2.18. The van der Waals surface area contributed by atoms with Gasteiger partial charge in [0.2, 0.25) is 5.91 Å². The Kier molecular flexibility index (Phi) is 6.75. The van der Waals surface area contributed by atoms with Gasteiger partial charge in [0.1, 0.15) is 0 Å². The zero-order valence-corrected chi connectivity index (χ0v) is 15.4. The molecule has 5 nitrogen and oxygen atoms in total. The number of benzene rings is 1. The number of ether oxygens (including phenoxy) is 1. The molecule has 24 heavy (non-hydrogen) atoms. The van der Waals surface area contributed by atoms with E-state index in [1.165, 1.54) is 11.8 Å². The first kappa shape index (κ1) is 18.4. The largest absolute Gasteiger partial charge is 0.380 e. The minimum Gasteiger partial charge on any atom is -0.380 e. The first-order valence-corrected chi connectivity index (χ1v) is 9.01. The normalized spacial score (nSPS) is 10.7. The molecule has 2 aromatic rings. The molecule has 0 atom stereocenters. The van der Waals surface area contributed by atoms with E-state index in [-0.39, 0.29) is 5.91 Å². The summed E-state index contributed by atoms with van der Waals surface area (Å²) < 4.78 is 5.11. The number of carbonyl (C=O) groups is 1. The van der Waals surface area contributed by atoms with Gasteiger partial charge in [0.05, 0.1) is 6.61 Å². The van der Waals surface area contributed by atoms with Crippen molar-refractivity contribution in [1.29, 1.82) is 0 Å². The molecule has 0 saturated carbocycles. The van der Waals surface area contributed by atoms with E-state index in [2.05, 4.69) is 15.3 Å². The van der Waals surface area contributed by atoms with E-state index in [0.29, 0.717) is 19.4 Å². The molecule has 0 bridgehead atoms. The zero-order valence-electron chi connectivity index (χ0n) is 14.5. The zero-order chi connectivity index (χ0) is 17.5. The molecule has 2 rings (SSSR count). The van der Waals surface area contributed by atoms with Gasteiger partial charge in [-0.05, 0) is 49.8 Å². The number of amides is 1. The van der Waals surface area contributed by atoms with Crippen LogP contribution in [0.25, 0.3) is 0 Å².